The number of aliphatic carboxylic acids is 2. The molecule has 2 aliphatic rings. The predicted octanol–water partition coefficient (Wildman–Crippen LogP) is 0.300. The minimum Gasteiger partial charge on any atom is -0.473 e. The molecule has 3 N–H and O–H groups in total. The summed E-state index contributed by atoms with van der Waals surface area (Å²) in [5.74, 6) is -1.41. The third-order valence-corrected chi connectivity index (χ3v) is 4.78. The lowest BCUT2D eigenvalue weighted by atomic mass is 10.0. The van der Waals surface area contributed by atoms with E-state index in [2.05, 4.69) is 30.6 Å². The highest BCUT2D eigenvalue weighted by molar-refractivity contribution is 7.15. The first-order valence-corrected chi connectivity index (χ1v) is 9.25. The Bertz CT molecular complexity index is 860. The molecule has 0 atom stereocenters. The van der Waals surface area contributed by atoms with Gasteiger partial charge in [-0.1, -0.05) is 16.5 Å². The highest BCUT2D eigenvalue weighted by Crippen LogP contribution is 2.39. The lowest BCUT2D eigenvalue weighted by Gasteiger charge is -2.36. The first-order valence-electron chi connectivity index (χ1n) is 8.44. The van der Waals surface area contributed by atoms with Gasteiger partial charge < -0.3 is 14.7 Å². The monoisotopic (exact) mass is 410 g/mol. The van der Waals surface area contributed by atoms with Crippen LogP contribution in [-0.4, -0.2) is 72.9 Å². The first-order chi connectivity index (χ1) is 13.3. The van der Waals surface area contributed by atoms with Gasteiger partial charge in [0.05, 0.1) is 12.5 Å². The summed E-state index contributed by atoms with van der Waals surface area (Å²) < 4.78 is 5.32. The lowest BCUT2D eigenvalue weighted by molar-refractivity contribution is -0.159. The van der Waals surface area contributed by atoms with Crippen LogP contribution in [-0.2, 0) is 14.4 Å². The van der Waals surface area contributed by atoms with Crippen molar-refractivity contribution in [3.8, 4) is 0 Å². The molecule has 150 valence electrons. The molecule has 28 heavy (non-hydrogen) atoms. The Morgan fingerprint density at radius 1 is 1.18 bits per heavy atom. The maximum absolute atomic E-state index is 11.9. The number of carboxylic acids is 2. The van der Waals surface area contributed by atoms with Gasteiger partial charge in [0.25, 0.3) is 0 Å². The molecule has 4 rings (SSSR count). The van der Waals surface area contributed by atoms with Crippen molar-refractivity contribution < 1.29 is 29.1 Å². The normalized spacial score (nSPS) is 16.6. The molecular weight excluding hydrogens is 392 g/mol. The summed E-state index contributed by atoms with van der Waals surface area (Å²) in [7, 11) is 0. The van der Waals surface area contributed by atoms with Crippen molar-refractivity contribution in [2.24, 2.45) is 0 Å². The number of likely N-dealkylation sites (tertiary alicyclic amines) is 1. The summed E-state index contributed by atoms with van der Waals surface area (Å²) in [6.07, 6.45) is 2.34. The zero-order valence-electron chi connectivity index (χ0n) is 14.9. The number of carbonyl (C=O) groups excluding carboxylic acids is 1. The van der Waals surface area contributed by atoms with Gasteiger partial charge in [0, 0.05) is 19.0 Å². The minimum atomic E-state index is -1.82. The quantitative estimate of drug-likeness (QED) is 0.579. The number of hydrogen-bond donors (Lipinski definition) is 3. The van der Waals surface area contributed by atoms with Crippen molar-refractivity contribution in [1.29, 1.82) is 0 Å². The number of amides is 1. The highest BCUT2D eigenvalue weighted by Gasteiger charge is 2.35. The van der Waals surface area contributed by atoms with Crippen LogP contribution in [0.5, 0.6) is 0 Å². The average Bonchev–Trinajstić information content (AvgIpc) is 3.20. The summed E-state index contributed by atoms with van der Waals surface area (Å²) in [6, 6.07) is 0. The van der Waals surface area contributed by atoms with E-state index in [-0.39, 0.29) is 11.8 Å². The third-order valence-electron chi connectivity index (χ3n) is 4.03. The van der Waals surface area contributed by atoms with E-state index >= 15 is 0 Å². The maximum Gasteiger partial charge on any atom is 0.414 e. The van der Waals surface area contributed by atoms with Gasteiger partial charge in [-0.15, -0.1) is 10.2 Å². The summed E-state index contributed by atoms with van der Waals surface area (Å²) in [5.41, 5.74) is 0. The molecule has 0 spiro atoms. The lowest BCUT2D eigenvalue weighted by Crippen LogP contribution is -2.48. The van der Waals surface area contributed by atoms with E-state index in [1.54, 1.807) is 0 Å². The van der Waals surface area contributed by atoms with Crippen LogP contribution in [0.15, 0.2) is 4.52 Å². The number of anilines is 1. The largest absolute Gasteiger partial charge is 0.473 e. The van der Waals surface area contributed by atoms with E-state index in [9.17, 15) is 4.79 Å². The fourth-order valence-electron chi connectivity index (χ4n) is 2.48. The number of aromatic nitrogens is 4. The van der Waals surface area contributed by atoms with Crippen molar-refractivity contribution >= 4 is 34.3 Å². The molecule has 1 amide bonds. The molecule has 2 aromatic heterocycles. The molecule has 0 unspecified atom stereocenters. The number of rotatable bonds is 5. The second-order valence-electron chi connectivity index (χ2n) is 6.44. The molecule has 2 fully saturated rings. The van der Waals surface area contributed by atoms with E-state index in [0.717, 1.165) is 23.9 Å². The molecule has 0 radical (unpaired) electrons. The summed E-state index contributed by atoms with van der Waals surface area (Å²) in [6.45, 7) is 3.75. The Morgan fingerprint density at radius 3 is 2.39 bits per heavy atom. The van der Waals surface area contributed by atoms with Gasteiger partial charge in [-0.05, 0) is 19.8 Å². The SMILES string of the molecule is Cc1nnc(NC(=O)CN2CC(c3nc(C4CC4)no3)C2)s1.O=C(O)C(=O)O. The van der Waals surface area contributed by atoms with Gasteiger partial charge in [-0.25, -0.2) is 9.59 Å². The molecule has 2 aromatic rings. The zero-order valence-corrected chi connectivity index (χ0v) is 15.7. The van der Waals surface area contributed by atoms with Crippen molar-refractivity contribution in [2.75, 3.05) is 25.0 Å². The molecule has 1 aliphatic carbocycles. The first kappa shape index (κ1) is 19.8. The Balaban J connectivity index is 0.000000330. The summed E-state index contributed by atoms with van der Waals surface area (Å²) >= 11 is 1.37. The van der Waals surface area contributed by atoms with Crippen molar-refractivity contribution in [2.45, 2.75) is 31.6 Å². The van der Waals surface area contributed by atoms with E-state index in [4.69, 9.17) is 24.3 Å². The number of carboxylic acid groups (broad SMARTS) is 2. The standard InChI is InChI=1S/C13H16N6O2S.C2H2O4/c1-7-16-17-13(22-7)14-10(20)6-19-4-9(5-19)12-15-11(18-21-12)8-2-3-8;3-1(4)2(5)6/h8-9H,2-6H2,1H3,(H,14,17,20);(H,3,4)(H,5,6). The van der Waals surface area contributed by atoms with E-state index in [1.807, 2.05) is 6.92 Å². The Morgan fingerprint density at radius 2 is 1.86 bits per heavy atom. The number of nitrogens with zero attached hydrogens (tertiary/aromatic N) is 5. The van der Waals surface area contributed by atoms with Gasteiger partial charge in [-0.2, -0.15) is 4.98 Å². The Kier molecular flexibility index (Phi) is 5.94. The number of hydrogen-bond acceptors (Lipinski definition) is 10. The maximum atomic E-state index is 11.9. The molecule has 0 bridgehead atoms. The molecule has 1 aliphatic heterocycles. The van der Waals surface area contributed by atoms with Crippen LogP contribution in [0, 0.1) is 6.92 Å². The van der Waals surface area contributed by atoms with Gasteiger partial charge in [0.2, 0.25) is 16.9 Å². The molecule has 1 saturated carbocycles. The fourth-order valence-corrected chi connectivity index (χ4v) is 3.09. The highest BCUT2D eigenvalue weighted by atomic mass is 32.1. The van der Waals surface area contributed by atoms with Gasteiger partial charge in [0.1, 0.15) is 5.01 Å². The zero-order chi connectivity index (χ0) is 20.3. The molecule has 1 saturated heterocycles. The van der Waals surface area contributed by atoms with E-state index < -0.39 is 11.9 Å². The Hall–Kier alpha value is -2.93. The van der Waals surface area contributed by atoms with Crippen LogP contribution >= 0.6 is 11.3 Å². The second-order valence-corrected chi connectivity index (χ2v) is 7.62. The van der Waals surface area contributed by atoms with E-state index in [1.165, 1.54) is 24.2 Å². The molecule has 13 heteroatoms. The molecule has 12 nitrogen and oxygen atoms in total. The minimum absolute atomic E-state index is 0.0706. The average molecular weight is 410 g/mol. The van der Waals surface area contributed by atoms with Crippen LogP contribution in [0.2, 0.25) is 0 Å². The topological polar surface area (TPSA) is 172 Å². The summed E-state index contributed by atoms with van der Waals surface area (Å²) in [4.78, 5) is 36.6. The smallest absolute Gasteiger partial charge is 0.414 e. The molecular formula is C15H18N6O6S. The fraction of sp³-hybridized carbons (Fsp3) is 0.533. The van der Waals surface area contributed by atoms with Gasteiger partial charge >= 0.3 is 11.9 Å². The molecule has 3 heterocycles. The second kappa shape index (κ2) is 8.39. The number of carbonyl (C=O) groups is 3. The van der Waals surface area contributed by atoms with Gasteiger partial charge in [0.15, 0.2) is 5.82 Å². The van der Waals surface area contributed by atoms with Crippen LogP contribution in [0.25, 0.3) is 0 Å². The Labute approximate surface area is 162 Å². The van der Waals surface area contributed by atoms with Crippen molar-refractivity contribution in [1.82, 2.24) is 25.2 Å². The molecule has 0 aromatic carbocycles. The number of aryl methyl sites for hydroxylation is 1. The van der Waals surface area contributed by atoms with Crippen molar-refractivity contribution in [3.63, 3.8) is 0 Å². The van der Waals surface area contributed by atoms with Crippen LogP contribution in [0.3, 0.4) is 0 Å². The third kappa shape index (κ3) is 5.29. The van der Waals surface area contributed by atoms with E-state index in [0.29, 0.717) is 23.5 Å². The number of nitrogens with one attached hydrogen (secondary N) is 1. The van der Waals surface area contributed by atoms with Crippen LogP contribution < -0.4 is 5.32 Å². The van der Waals surface area contributed by atoms with Gasteiger partial charge in [-0.3, -0.25) is 15.0 Å². The summed E-state index contributed by atoms with van der Waals surface area (Å²) in [5, 5.41) is 30.7. The van der Waals surface area contributed by atoms with Crippen molar-refractivity contribution in [3.05, 3.63) is 16.7 Å². The predicted molar refractivity (Wildman–Crippen MR) is 94.0 cm³/mol. The van der Waals surface area contributed by atoms with Crippen LogP contribution in [0.1, 0.15) is 41.4 Å². The van der Waals surface area contributed by atoms with Crippen LogP contribution in [0.4, 0.5) is 5.13 Å².